The summed E-state index contributed by atoms with van der Waals surface area (Å²) in [4.78, 5) is 11.5. The molecule has 0 aliphatic carbocycles. The number of ether oxygens (including phenoxy) is 1. The van der Waals surface area contributed by atoms with E-state index in [9.17, 15) is 13.2 Å². The Bertz CT molecular complexity index is 344. The Morgan fingerprint density at radius 3 is 2.29 bits per heavy atom. The van der Waals surface area contributed by atoms with Crippen molar-refractivity contribution in [1.82, 2.24) is 5.32 Å². The fraction of sp³-hybridized carbons (Fsp3) is 0.900. The van der Waals surface area contributed by atoms with E-state index >= 15 is 0 Å². The highest BCUT2D eigenvalue weighted by molar-refractivity contribution is 7.85. The van der Waals surface area contributed by atoms with Gasteiger partial charge in [-0.2, -0.15) is 8.42 Å². The third kappa shape index (κ3) is 7.30. The number of hydrogen-bond donors (Lipinski definition) is 2. The Balaban J connectivity index is 4.25. The topological polar surface area (TPSA) is 92.7 Å². The summed E-state index contributed by atoms with van der Waals surface area (Å²) in [7, 11) is -2.63. The summed E-state index contributed by atoms with van der Waals surface area (Å²) in [5, 5.41) is 2.93. The van der Waals surface area contributed by atoms with Crippen molar-refractivity contribution in [2.45, 2.75) is 33.2 Å². The monoisotopic (exact) mass is 267 g/mol. The first-order chi connectivity index (χ1) is 7.58. The van der Waals surface area contributed by atoms with Crippen LogP contribution < -0.4 is 5.32 Å². The van der Waals surface area contributed by atoms with Gasteiger partial charge in [-0.1, -0.05) is 20.8 Å². The fourth-order valence-corrected chi connectivity index (χ4v) is 1.87. The summed E-state index contributed by atoms with van der Waals surface area (Å²) in [5.41, 5.74) is -0.328. The molecule has 0 unspecified atom stereocenters. The van der Waals surface area contributed by atoms with Gasteiger partial charge >= 0.3 is 5.97 Å². The zero-order valence-corrected chi connectivity index (χ0v) is 11.5. The van der Waals surface area contributed by atoms with E-state index in [0.717, 1.165) is 0 Å². The molecule has 0 amide bonds. The molecule has 2 N–H and O–H groups in total. The van der Waals surface area contributed by atoms with Crippen molar-refractivity contribution in [1.29, 1.82) is 0 Å². The average molecular weight is 267 g/mol. The normalized spacial score (nSPS) is 14.4. The Morgan fingerprint density at radius 2 is 1.94 bits per heavy atom. The Morgan fingerprint density at radius 1 is 1.41 bits per heavy atom. The van der Waals surface area contributed by atoms with Gasteiger partial charge < -0.3 is 10.1 Å². The van der Waals surface area contributed by atoms with Gasteiger partial charge in [0.05, 0.1) is 12.9 Å². The average Bonchev–Trinajstić information content (AvgIpc) is 2.13. The van der Waals surface area contributed by atoms with Crippen LogP contribution in [-0.2, 0) is 19.6 Å². The highest BCUT2D eigenvalue weighted by Gasteiger charge is 2.31. The summed E-state index contributed by atoms with van der Waals surface area (Å²) in [6, 6.07) is -0.506. The highest BCUT2D eigenvalue weighted by Crippen LogP contribution is 2.20. The molecular weight excluding hydrogens is 246 g/mol. The summed E-state index contributed by atoms with van der Waals surface area (Å²) in [6.07, 6.45) is 0.238. The third-order valence-electron chi connectivity index (χ3n) is 2.23. The van der Waals surface area contributed by atoms with Gasteiger partial charge in [-0.05, 0) is 18.4 Å². The van der Waals surface area contributed by atoms with E-state index in [1.807, 2.05) is 20.8 Å². The second kappa shape index (κ2) is 6.32. The van der Waals surface area contributed by atoms with Crippen LogP contribution in [0.5, 0.6) is 0 Å². The third-order valence-corrected chi connectivity index (χ3v) is 3.04. The van der Waals surface area contributed by atoms with Gasteiger partial charge in [0.15, 0.2) is 0 Å². The van der Waals surface area contributed by atoms with E-state index in [1.165, 1.54) is 7.11 Å². The lowest BCUT2D eigenvalue weighted by Crippen LogP contribution is -2.47. The lowest BCUT2D eigenvalue weighted by molar-refractivity contribution is -0.146. The van der Waals surface area contributed by atoms with E-state index in [-0.39, 0.29) is 23.6 Å². The van der Waals surface area contributed by atoms with Crippen LogP contribution in [0.2, 0.25) is 0 Å². The molecule has 0 aliphatic heterocycles. The molecule has 6 nitrogen and oxygen atoms in total. The van der Waals surface area contributed by atoms with E-state index in [1.54, 1.807) is 0 Å². The summed E-state index contributed by atoms with van der Waals surface area (Å²) in [6.45, 7) is 5.95. The van der Waals surface area contributed by atoms with Gasteiger partial charge in [0.2, 0.25) is 0 Å². The minimum absolute atomic E-state index is 0.238. The molecule has 102 valence electrons. The number of esters is 1. The maximum absolute atomic E-state index is 11.5. The highest BCUT2D eigenvalue weighted by atomic mass is 32.2. The van der Waals surface area contributed by atoms with Crippen molar-refractivity contribution in [2.75, 3.05) is 19.4 Å². The summed E-state index contributed by atoms with van der Waals surface area (Å²) >= 11 is 0. The second-order valence-corrected chi connectivity index (χ2v) is 6.49. The molecular formula is C10H21NO5S. The molecule has 17 heavy (non-hydrogen) atoms. The van der Waals surface area contributed by atoms with Crippen LogP contribution in [-0.4, -0.2) is 44.4 Å². The molecule has 0 aromatic carbocycles. The SMILES string of the molecule is COC(=O)[C@@H](NCCCS(=O)(=O)O)C(C)(C)C. The summed E-state index contributed by atoms with van der Waals surface area (Å²) < 4.78 is 34.2. The van der Waals surface area contributed by atoms with E-state index < -0.39 is 16.2 Å². The Hall–Kier alpha value is -0.660. The van der Waals surface area contributed by atoms with E-state index in [4.69, 9.17) is 4.55 Å². The van der Waals surface area contributed by atoms with Crippen LogP contribution >= 0.6 is 0 Å². The zero-order chi connectivity index (χ0) is 13.7. The second-order valence-electron chi connectivity index (χ2n) is 4.92. The first kappa shape index (κ1) is 16.3. The van der Waals surface area contributed by atoms with Gasteiger partial charge in [-0.15, -0.1) is 0 Å². The number of rotatable bonds is 6. The van der Waals surface area contributed by atoms with Gasteiger partial charge in [0.25, 0.3) is 10.1 Å². The van der Waals surface area contributed by atoms with E-state index in [2.05, 4.69) is 10.1 Å². The molecule has 0 aromatic rings. The summed E-state index contributed by atoms with van der Waals surface area (Å²) in [5.74, 6) is -0.706. The first-order valence-corrected chi connectivity index (χ1v) is 6.95. The molecule has 1 atom stereocenters. The number of nitrogens with one attached hydrogen (secondary N) is 1. The minimum Gasteiger partial charge on any atom is -0.468 e. The number of hydrogen-bond acceptors (Lipinski definition) is 5. The van der Waals surface area contributed by atoms with Crippen LogP contribution in [0.4, 0.5) is 0 Å². The lowest BCUT2D eigenvalue weighted by Gasteiger charge is -2.29. The number of carbonyl (C=O) groups excluding carboxylic acids is 1. The standard InChI is InChI=1S/C10H21NO5S/c1-10(2,3)8(9(12)16-4)11-6-5-7-17(13,14)15/h8,11H,5-7H2,1-4H3,(H,13,14,15)/t8-/m1/s1. The zero-order valence-electron chi connectivity index (χ0n) is 10.7. The fourth-order valence-electron chi connectivity index (χ4n) is 1.36. The Labute approximate surface area is 102 Å². The van der Waals surface area contributed by atoms with Gasteiger partial charge in [0, 0.05) is 0 Å². The van der Waals surface area contributed by atoms with Crippen molar-refractivity contribution in [3.05, 3.63) is 0 Å². The molecule has 0 heterocycles. The van der Waals surface area contributed by atoms with Crippen molar-refractivity contribution < 1.29 is 22.5 Å². The molecule has 0 aliphatic rings. The molecule has 0 bridgehead atoms. The Kier molecular flexibility index (Phi) is 6.08. The smallest absolute Gasteiger partial charge is 0.323 e. The van der Waals surface area contributed by atoms with Crippen molar-refractivity contribution in [2.24, 2.45) is 5.41 Å². The lowest BCUT2D eigenvalue weighted by atomic mass is 9.86. The van der Waals surface area contributed by atoms with Crippen LogP contribution in [0, 0.1) is 5.41 Å². The number of carbonyl (C=O) groups is 1. The molecule has 0 rings (SSSR count). The van der Waals surface area contributed by atoms with Crippen molar-refractivity contribution in [3.63, 3.8) is 0 Å². The van der Waals surface area contributed by atoms with Gasteiger partial charge in [0.1, 0.15) is 6.04 Å². The van der Waals surface area contributed by atoms with Crippen LogP contribution in [0.3, 0.4) is 0 Å². The van der Waals surface area contributed by atoms with Crippen molar-refractivity contribution >= 4 is 16.1 Å². The van der Waals surface area contributed by atoms with E-state index in [0.29, 0.717) is 6.54 Å². The predicted octanol–water partition coefficient (Wildman–Crippen LogP) is 0.442. The molecule has 0 fully saturated rings. The maximum atomic E-state index is 11.5. The predicted molar refractivity (Wildman–Crippen MR) is 64.3 cm³/mol. The molecule has 0 aromatic heterocycles. The van der Waals surface area contributed by atoms with Gasteiger partial charge in [-0.25, -0.2) is 0 Å². The quantitative estimate of drug-likeness (QED) is 0.412. The van der Waals surface area contributed by atoms with Crippen LogP contribution in [0.1, 0.15) is 27.2 Å². The first-order valence-electron chi connectivity index (χ1n) is 5.34. The molecule has 0 spiro atoms. The van der Waals surface area contributed by atoms with Crippen LogP contribution in [0.15, 0.2) is 0 Å². The maximum Gasteiger partial charge on any atom is 0.323 e. The minimum atomic E-state index is -3.94. The molecule has 7 heteroatoms. The van der Waals surface area contributed by atoms with Gasteiger partial charge in [-0.3, -0.25) is 9.35 Å². The number of methoxy groups -OCH3 is 1. The van der Waals surface area contributed by atoms with Crippen molar-refractivity contribution in [3.8, 4) is 0 Å². The van der Waals surface area contributed by atoms with Crippen LogP contribution in [0.25, 0.3) is 0 Å². The molecule has 0 saturated heterocycles. The largest absolute Gasteiger partial charge is 0.468 e. The molecule has 0 radical (unpaired) electrons. The molecule has 0 saturated carbocycles.